The van der Waals surface area contributed by atoms with Crippen LogP contribution < -0.4 is 0 Å². The van der Waals surface area contributed by atoms with Crippen molar-refractivity contribution < 1.29 is 7.42 Å². The summed E-state index contributed by atoms with van der Waals surface area (Å²) < 4.78 is 9.53. The van der Waals surface area contributed by atoms with E-state index >= 15 is 0 Å². The van der Waals surface area contributed by atoms with Crippen molar-refractivity contribution in [2.75, 3.05) is 13.4 Å². The van der Waals surface area contributed by atoms with E-state index in [0.29, 0.717) is 33.0 Å². The van der Waals surface area contributed by atoms with Gasteiger partial charge in [-0.15, -0.1) is 0 Å². The average Bonchev–Trinajstić information content (AvgIpc) is 1.61. The second-order valence-electron chi connectivity index (χ2n) is 0.777. The van der Waals surface area contributed by atoms with Crippen LogP contribution in [0.4, 0.5) is 0 Å². The molecule has 0 saturated carbocycles. The molecule has 0 fully saturated rings. The van der Waals surface area contributed by atoms with E-state index in [-0.39, 0.29) is 0 Å². The minimum absolute atomic E-state index is 0.487. The predicted molar refractivity (Wildman–Crippen MR) is 24.7 cm³/mol. The van der Waals surface area contributed by atoms with Crippen LogP contribution in [0, 0.1) is 0 Å². The van der Waals surface area contributed by atoms with E-state index < -0.39 is 0 Å². The molecule has 6 heavy (non-hydrogen) atoms. The monoisotopic (exact) mass is 284 g/mol. The average molecular weight is 283 g/mol. The van der Waals surface area contributed by atoms with Crippen molar-refractivity contribution in [1.82, 2.24) is 0 Å². The summed E-state index contributed by atoms with van der Waals surface area (Å²) in [6.45, 7) is 3.19. The summed E-state index contributed by atoms with van der Waals surface area (Å²) in [5, 5.41) is 0. The van der Waals surface area contributed by atoms with E-state index in [1.54, 1.807) is 0 Å². The molecule has 0 aromatic carbocycles. The molecular weight excluding hydrogens is 275 g/mol. The maximum atomic E-state index is 4.80. The summed E-state index contributed by atoms with van der Waals surface area (Å²) in [7, 11) is 0. The van der Waals surface area contributed by atoms with Crippen LogP contribution in [0.2, 0.25) is 0 Å². The molecule has 0 saturated heterocycles. The molecule has 0 spiro atoms. The van der Waals surface area contributed by atoms with E-state index in [9.17, 15) is 0 Å². The standard InChI is InChI=1S/C3H7O2.Pb.H/c1-2-5-3-4;;/h2-3H2,1H3;;/q-1;+1;. The van der Waals surface area contributed by atoms with Gasteiger partial charge >= 0.3 is 54.0 Å². The fourth-order valence-corrected chi connectivity index (χ4v) is 0.506. The predicted octanol–water partition coefficient (Wildman–Crippen LogP) is -0.187. The van der Waals surface area contributed by atoms with E-state index in [2.05, 4.69) is 0 Å². The normalized spacial score (nSPS) is 9.00. The van der Waals surface area contributed by atoms with Crippen LogP contribution >= 0.6 is 0 Å². The van der Waals surface area contributed by atoms with Crippen molar-refractivity contribution in [2.24, 2.45) is 0 Å². The van der Waals surface area contributed by atoms with Crippen molar-refractivity contribution in [3.63, 3.8) is 0 Å². The Balaban J connectivity index is 2.34. The van der Waals surface area contributed by atoms with Gasteiger partial charge in [0.05, 0.1) is 0 Å². The SMILES string of the molecule is CCOC[O][PbH]. The molecule has 0 aromatic rings. The van der Waals surface area contributed by atoms with Crippen LogP contribution in [0.5, 0.6) is 0 Å². The molecule has 2 nitrogen and oxygen atoms in total. The Kier molecular flexibility index (Phi) is 6.66. The van der Waals surface area contributed by atoms with Crippen LogP contribution in [-0.4, -0.2) is 39.6 Å². The minimum atomic E-state index is 0.487. The summed E-state index contributed by atoms with van der Waals surface area (Å²) in [5.41, 5.74) is 0. The van der Waals surface area contributed by atoms with Crippen LogP contribution in [0.25, 0.3) is 0 Å². The summed E-state index contributed by atoms with van der Waals surface area (Å²) in [5.74, 6) is 0. The molecule has 36 valence electrons. The van der Waals surface area contributed by atoms with Gasteiger partial charge in [0.25, 0.3) is 0 Å². The van der Waals surface area contributed by atoms with Gasteiger partial charge < -0.3 is 0 Å². The Morgan fingerprint density at radius 3 is 2.50 bits per heavy atom. The molecule has 0 amide bonds. The first-order valence-electron chi connectivity index (χ1n) is 1.81. The fraction of sp³-hybridized carbons (Fsp3) is 1.00. The topological polar surface area (TPSA) is 18.5 Å². The Morgan fingerprint density at radius 1 is 1.67 bits per heavy atom. The maximum absolute atomic E-state index is 4.80. The third-order valence-corrected chi connectivity index (χ3v) is 0.885. The first-order valence-corrected chi connectivity index (χ1v) is 3.64. The van der Waals surface area contributed by atoms with Gasteiger partial charge in [-0.2, -0.15) is 0 Å². The molecule has 3 heteroatoms. The van der Waals surface area contributed by atoms with Crippen molar-refractivity contribution in [3.05, 3.63) is 0 Å². The van der Waals surface area contributed by atoms with Crippen LogP contribution in [0.15, 0.2) is 0 Å². The number of ether oxygens (including phenoxy) is 1. The van der Waals surface area contributed by atoms with Crippen molar-refractivity contribution in [3.8, 4) is 0 Å². The number of rotatable bonds is 3. The van der Waals surface area contributed by atoms with E-state index in [4.69, 9.17) is 7.42 Å². The molecule has 0 heterocycles. The van der Waals surface area contributed by atoms with Gasteiger partial charge in [-0.25, -0.2) is 0 Å². The summed E-state index contributed by atoms with van der Waals surface area (Å²) in [4.78, 5) is 0. The van der Waals surface area contributed by atoms with Crippen molar-refractivity contribution in [2.45, 2.75) is 6.92 Å². The molecule has 0 aliphatic heterocycles. The Labute approximate surface area is 54.2 Å². The Bertz CT molecular complexity index is 20.8. The Hall–Kier alpha value is 0.842. The van der Waals surface area contributed by atoms with Gasteiger partial charge in [0, 0.05) is 0 Å². The number of hydrogen-bond donors (Lipinski definition) is 0. The quantitative estimate of drug-likeness (QED) is 0.406. The molecule has 0 aliphatic carbocycles. The van der Waals surface area contributed by atoms with Crippen LogP contribution in [0.1, 0.15) is 6.92 Å². The van der Waals surface area contributed by atoms with E-state index in [1.807, 2.05) is 6.92 Å². The molecule has 2 radical (unpaired) electrons. The van der Waals surface area contributed by atoms with Gasteiger partial charge in [-0.1, -0.05) is 0 Å². The van der Waals surface area contributed by atoms with E-state index in [1.165, 1.54) is 0 Å². The van der Waals surface area contributed by atoms with E-state index in [0.717, 1.165) is 6.61 Å². The molecule has 0 unspecified atom stereocenters. The van der Waals surface area contributed by atoms with Crippen LogP contribution in [0.3, 0.4) is 0 Å². The molecular formula is C3H8O2Pb. The van der Waals surface area contributed by atoms with Gasteiger partial charge in [0.1, 0.15) is 0 Å². The third kappa shape index (κ3) is 4.84. The molecule has 0 atom stereocenters. The molecule has 0 bridgehead atoms. The molecule has 0 N–H and O–H groups in total. The van der Waals surface area contributed by atoms with Gasteiger partial charge in [0.15, 0.2) is 0 Å². The molecule has 0 aromatic heterocycles. The second-order valence-corrected chi connectivity index (χ2v) is 2.07. The van der Waals surface area contributed by atoms with Crippen molar-refractivity contribution >= 4 is 26.2 Å². The fourth-order valence-electron chi connectivity index (χ4n) is 0.131. The first-order chi connectivity index (χ1) is 2.91. The molecule has 0 aliphatic rings. The van der Waals surface area contributed by atoms with Crippen LogP contribution in [-0.2, 0) is 7.42 Å². The zero-order valence-electron chi connectivity index (χ0n) is 3.81. The second kappa shape index (κ2) is 5.84. The molecule has 0 rings (SSSR count). The summed E-state index contributed by atoms with van der Waals surface area (Å²) in [6.07, 6.45) is 0. The third-order valence-electron chi connectivity index (χ3n) is 0.355. The van der Waals surface area contributed by atoms with Gasteiger partial charge in [-0.3, -0.25) is 0 Å². The van der Waals surface area contributed by atoms with Crippen molar-refractivity contribution in [1.29, 1.82) is 0 Å². The first kappa shape index (κ1) is 6.84. The zero-order valence-corrected chi connectivity index (χ0v) is 8.30. The number of hydrogen-bond acceptors (Lipinski definition) is 2. The van der Waals surface area contributed by atoms with Gasteiger partial charge in [0.2, 0.25) is 0 Å². The van der Waals surface area contributed by atoms with Gasteiger partial charge in [-0.05, 0) is 0 Å². The summed E-state index contributed by atoms with van der Waals surface area (Å²) >= 11 is 0.613. The Morgan fingerprint density at radius 2 is 2.33 bits per heavy atom. The zero-order chi connectivity index (χ0) is 4.83. The summed E-state index contributed by atoms with van der Waals surface area (Å²) in [6, 6.07) is 0.